The van der Waals surface area contributed by atoms with Gasteiger partial charge >= 0.3 is 0 Å². The Morgan fingerprint density at radius 1 is 0.879 bits per heavy atom. The SMILES string of the molecule is Cc1ccc(OCCC(=O)NNC(=O)c2cccc(S(=O)(=O)NCc3ccccc3)c2)cc1. The van der Waals surface area contributed by atoms with Gasteiger partial charge in [-0.25, -0.2) is 13.1 Å². The van der Waals surface area contributed by atoms with E-state index in [9.17, 15) is 18.0 Å². The summed E-state index contributed by atoms with van der Waals surface area (Å²) in [6.07, 6.45) is 0.0337. The molecule has 8 nitrogen and oxygen atoms in total. The van der Waals surface area contributed by atoms with Crippen molar-refractivity contribution in [1.29, 1.82) is 0 Å². The molecule has 0 radical (unpaired) electrons. The number of nitrogens with one attached hydrogen (secondary N) is 3. The first-order chi connectivity index (χ1) is 15.8. The average molecular weight is 468 g/mol. The molecule has 0 bridgehead atoms. The minimum atomic E-state index is -3.82. The van der Waals surface area contributed by atoms with E-state index in [2.05, 4.69) is 15.6 Å². The van der Waals surface area contributed by atoms with Crippen LogP contribution in [0, 0.1) is 6.92 Å². The molecule has 33 heavy (non-hydrogen) atoms. The van der Waals surface area contributed by atoms with E-state index in [1.165, 1.54) is 24.3 Å². The molecule has 0 aromatic heterocycles. The average Bonchev–Trinajstić information content (AvgIpc) is 2.83. The van der Waals surface area contributed by atoms with Crippen LogP contribution in [-0.2, 0) is 21.4 Å². The van der Waals surface area contributed by atoms with Crippen molar-refractivity contribution in [2.45, 2.75) is 24.8 Å². The van der Waals surface area contributed by atoms with Crippen LogP contribution in [0.15, 0.2) is 83.8 Å². The number of aryl methyl sites for hydroxylation is 1. The van der Waals surface area contributed by atoms with Gasteiger partial charge in [-0.05, 0) is 42.8 Å². The van der Waals surface area contributed by atoms with Crippen molar-refractivity contribution >= 4 is 21.8 Å². The van der Waals surface area contributed by atoms with E-state index in [1.54, 1.807) is 12.1 Å². The van der Waals surface area contributed by atoms with Crippen LogP contribution in [0.4, 0.5) is 0 Å². The van der Waals surface area contributed by atoms with Gasteiger partial charge in [-0.2, -0.15) is 0 Å². The van der Waals surface area contributed by atoms with E-state index in [-0.39, 0.29) is 30.0 Å². The highest BCUT2D eigenvalue weighted by atomic mass is 32.2. The van der Waals surface area contributed by atoms with Crippen molar-refractivity contribution in [3.63, 3.8) is 0 Å². The topological polar surface area (TPSA) is 114 Å². The van der Waals surface area contributed by atoms with Gasteiger partial charge in [0.05, 0.1) is 17.9 Å². The van der Waals surface area contributed by atoms with E-state index < -0.39 is 21.8 Å². The van der Waals surface area contributed by atoms with Crippen molar-refractivity contribution in [3.8, 4) is 5.75 Å². The van der Waals surface area contributed by atoms with Crippen LogP contribution in [0.3, 0.4) is 0 Å². The number of carbonyl (C=O) groups is 2. The van der Waals surface area contributed by atoms with Gasteiger partial charge in [0.1, 0.15) is 5.75 Å². The van der Waals surface area contributed by atoms with Crippen LogP contribution in [-0.4, -0.2) is 26.8 Å². The number of sulfonamides is 1. The first-order valence-electron chi connectivity index (χ1n) is 10.3. The highest BCUT2D eigenvalue weighted by Crippen LogP contribution is 2.13. The Morgan fingerprint density at radius 2 is 1.61 bits per heavy atom. The molecule has 172 valence electrons. The maximum atomic E-state index is 12.6. The number of hydrogen-bond acceptors (Lipinski definition) is 5. The zero-order chi connectivity index (χ0) is 23.7. The molecule has 3 aromatic carbocycles. The Kier molecular flexibility index (Phi) is 8.17. The highest BCUT2D eigenvalue weighted by molar-refractivity contribution is 7.89. The van der Waals surface area contributed by atoms with Crippen LogP contribution in [0.25, 0.3) is 0 Å². The maximum absolute atomic E-state index is 12.6. The van der Waals surface area contributed by atoms with Crippen molar-refractivity contribution in [2.24, 2.45) is 0 Å². The molecule has 0 aliphatic carbocycles. The molecule has 3 aromatic rings. The molecule has 3 N–H and O–H groups in total. The molecular formula is C24H25N3O5S. The molecule has 0 aliphatic rings. The summed E-state index contributed by atoms with van der Waals surface area (Å²) >= 11 is 0. The monoisotopic (exact) mass is 467 g/mol. The molecule has 0 saturated carbocycles. The predicted molar refractivity (Wildman–Crippen MR) is 124 cm³/mol. The summed E-state index contributed by atoms with van der Waals surface area (Å²) in [5.41, 5.74) is 6.58. The molecule has 0 aliphatic heterocycles. The smallest absolute Gasteiger partial charge is 0.269 e. The van der Waals surface area contributed by atoms with Crippen LogP contribution in [0.1, 0.15) is 27.9 Å². The Hall–Kier alpha value is -3.69. The third kappa shape index (κ3) is 7.44. The Labute approximate surface area is 193 Å². The van der Waals surface area contributed by atoms with Gasteiger partial charge in [0.25, 0.3) is 5.91 Å². The molecule has 9 heteroatoms. The van der Waals surface area contributed by atoms with Crippen LogP contribution < -0.4 is 20.3 Å². The number of ether oxygens (including phenoxy) is 1. The molecule has 0 fully saturated rings. The van der Waals surface area contributed by atoms with Crippen molar-refractivity contribution in [1.82, 2.24) is 15.6 Å². The predicted octanol–water partition coefficient (Wildman–Crippen LogP) is 2.70. The number of hydrazine groups is 1. The standard InChI is InChI=1S/C24H25N3O5S/c1-18-10-12-21(13-11-18)32-15-14-23(28)26-27-24(29)20-8-5-9-22(16-20)33(30,31)25-17-19-6-3-2-4-7-19/h2-13,16,25H,14-15,17H2,1H3,(H,26,28)(H,27,29). The molecule has 0 heterocycles. The summed E-state index contributed by atoms with van der Waals surface area (Å²) in [5, 5.41) is 0. The minimum absolute atomic E-state index is 0.0337. The number of carbonyl (C=O) groups excluding carboxylic acids is 2. The molecule has 2 amide bonds. The van der Waals surface area contributed by atoms with Gasteiger partial charge in [0.15, 0.2) is 0 Å². The molecule has 0 atom stereocenters. The van der Waals surface area contributed by atoms with Gasteiger partial charge in [0.2, 0.25) is 15.9 Å². The lowest BCUT2D eigenvalue weighted by Crippen LogP contribution is -2.42. The summed E-state index contributed by atoms with van der Waals surface area (Å²) in [4.78, 5) is 24.3. The van der Waals surface area contributed by atoms with Gasteiger partial charge in [0, 0.05) is 12.1 Å². The second-order valence-electron chi connectivity index (χ2n) is 7.25. The highest BCUT2D eigenvalue weighted by Gasteiger charge is 2.16. The van der Waals surface area contributed by atoms with Crippen molar-refractivity contribution in [2.75, 3.05) is 6.61 Å². The summed E-state index contributed by atoms with van der Waals surface area (Å²) in [5.74, 6) is -0.428. The zero-order valence-corrected chi connectivity index (χ0v) is 18.9. The fourth-order valence-electron chi connectivity index (χ4n) is 2.82. The quantitative estimate of drug-likeness (QED) is 0.419. The lowest BCUT2D eigenvalue weighted by Gasteiger charge is -2.10. The van der Waals surface area contributed by atoms with Gasteiger partial charge < -0.3 is 4.74 Å². The van der Waals surface area contributed by atoms with Crippen LogP contribution in [0.5, 0.6) is 5.75 Å². The normalized spacial score (nSPS) is 10.9. The molecule has 0 unspecified atom stereocenters. The number of hydrogen-bond donors (Lipinski definition) is 3. The third-order valence-electron chi connectivity index (χ3n) is 4.65. The van der Waals surface area contributed by atoms with E-state index in [4.69, 9.17) is 4.74 Å². The van der Waals surface area contributed by atoms with Crippen molar-refractivity contribution in [3.05, 3.63) is 95.6 Å². The molecule has 0 saturated heterocycles. The summed E-state index contributed by atoms with van der Waals surface area (Å²) in [6.45, 7) is 2.23. The first kappa shape index (κ1) is 24.0. The van der Waals surface area contributed by atoms with Gasteiger partial charge in [-0.1, -0.05) is 54.1 Å². The minimum Gasteiger partial charge on any atom is -0.493 e. The summed E-state index contributed by atoms with van der Waals surface area (Å²) in [6, 6.07) is 22.1. The summed E-state index contributed by atoms with van der Waals surface area (Å²) in [7, 11) is -3.82. The Morgan fingerprint density at radius 3 is 2.33 bits per heavy atom. The number of amides is 2. The lowest BCUT2D eigenvalue weighted by atomic mass is 10.2. The largest absolute Gasteiger partial charge is 0.493 e. The molecule has 0 spiro atoms. The Balaban J connectivity index is 1.49. The van der Waals surface area contributed by atoms with Crippen LogP contribution in [0.2, 0.25) is 0 Å². The van der Waals surface area contributed by atoms with Crippen molar-refractivity contribution < 1.29 is 22.7 Å². The second-order valence-corrected chi connectivity index (χ2v) is 9.02. The first-order valence-corrected chi connectivity index (χ1v) is 11.7. The second kappa shape index (κ2) is 11.3. The molecule has 3 rings (SSSR count). The van der Waals surface area contributed by atoms with Crippen LogP contribution >= 0.6 is 0 Å². The van der Waals surface area contributed by atoms with E-state index in [0.717, 1.165) is 11.1 Å². The lowest BCUT2D eigenvalue weighted by molar-refractivity contribution is -0.122. The van der Waals surface area contributed by atoms with Gasteiger partial charge in [-0.3, -0.25) is 20.4 Å². The molecular weight excluding hydrogens is 442 g/mol. The van der Waals surface area contributed by atoms with E-state index >= 15 is 0 Å². The third-order valence-corrected chi connectivity index (χ3v) is 6.05. The zero-order valence-electron chi connectivity index (χ0n) is 18.1. The summed E-state index contributed by atoms with van der Waals surface area (Å²) < 4.78 is 33.1. The fraction of sp³-hybridized carbons (Fsp3) is 0.167. The number of benzene rings is 3. The van der Waals surface area contributed by atoms with E-state index in [1.807, 2.05) is 49.4 Å². The fourth-order valence-corrected chi connectivity index (χ4v) is 3.88. The number of rotatable bonds is 9. The van der Waals surface area contributed by atoms with Gasteiger partial charge in [-0.15, -0.1) is 0 Å². The van der Waals surface area contributed by atoms with E-state index in [0.29, 0.717) is 5.75 Å². The Bertz CT molecular complexity index is 1200. The maximum Gasteiger partial charge on any atom is 0.269 e.